The Morgan fingerprint density at radius 3 is 1.00 bits per heavy atom. The van der Waals surface area contributed by atoms with E-state index in [-0.39, 0.29) is 0 Å². The highest BCUT2D eigenvalue weighted by Crippen LogP contribution is 2.40. The zero-order chi connectivity index (χ0) is 43.4. The van der Waals surface area contributed by atoms with E-state index in [1.165, 1.54) is 38.6 Å². The fourth-order valence-corrected chi connectivity index (χ4v) is 8.68. The molecule has 65 heavy (non-hydrogen) atoms. The molecule has 306 valence electrons. The Hall–Kier alpha value is -8.66. The van der Waals surface area contributed by atoms with Gasteiger partial charge in [-0.05, 0) is 86.3 Å². The highest BCUT2D eigenvalue weighted by Gasteiger charge is 2.17. The second-order valence-corrected chi connectivity index (χ2v) is 16.2. The summed E-state index contributed by atoms with van der Waals surface area (Å²) in [6.45, 7) is 0. The number of nitrogens with zero attached hydrogens (tertiary/aromatic N) is 3. The standard InChI is InChI=1S/C62H43N3/c1-4-13-44(14-5-1)47-23-29-53(30-24-47)59-43-60(64-62(63-59)55-33-27-48(28-34-55)45-15-6-2-7-16-45)54-31-25-49(26-32-54)51-37-41-57(42-38-51)65(61-22-12-20-52-19-10-11-21-58(52)61)56-39-35-50(36-40-56)46-17-8-3-9-18-46/h1-43H. The van der Waals surface area contributed by atoms with E-state index in [1.807, 2.05) is 12.1 Å². The van der Waals surface area contributed by atoms with E-state index in [0.29, 0.717) is 5.82 Å². The van der Waals surface area contributed by atoms with Crippen molar-refractivity contribution in [3.63, 3.8) is 0 Å². The first-order valence-corrected chi connectivity index (χ1v) is 22.1. The van der Waals surface area contributed by atoms with E-state index < -0.39 is 0 Å². The van der Waals surface area contributed by atoms with E-state index in [2.05, 4.69) is 254 Å². The summed E-state index contributed by atoms with van der Waals surface area (Å²) in [5, 5.41) is 2.41. The van der Waals surface area contributed by atoms with Crippen molar-refractivity contribution < 1.29 is 0 Å². The van der Waals surface area contributed by atoms with Crippen LogP contribution in [0.15, 0.2) is 261 Å². The highest BCUT2D eigenvalue weighted by molar-refractivity contribution is 5.99. The maximum absolute atomic E-state index is 5.19. The number of hydrogen-bond acceptors (Lipinski definition) is 3. The summed E-state index contributed by atoms with van der Waals surface area (Å²) in [6, 6.07) is 92.4. The number of fused-ring (bicyclic) bond motifs is 1. The number of anilines is 3. The second kappa shape index (κ2) is 17.6. The van der Waals surface area contributed by atoms with Gasteiger partial charge in [-0.25, -0.2) is 9.97 Å². The number of aromatic nitrogens is 2. The third kappa shape index (κ3) is 8.23. The normalized spacial score (nSPS) is 11.1. The Balaban J connectivity index is 0.922. The Kier molecular flexibility index (Phi) is 10.6. The van der Waals surface area contributed by atoms with Gasteiger partial charge in [-0.3, -0.25) is 0 Å². The minimum atomic E-state index is 0.689. The summed E-state index contributed by atoms with van der Waals surface area (Å²) in [5.41, 5.74) is 17.5. The Morgan fingerprint density at radius 1 is 0.246 bits per heavy atom. The second-order valence-electron chi connectivity index (χ2n) is 16.2. The van der Waals surface area contributed by atoms with Crippen molar-refractivity contribution >= 4 is 27.8 Å². The van der Waals surface area contributed by atoms with Crippen LogP contribution in [0.5, 0.6) is 0 Å². The van der Waals surface area contributed by atoms with Gasteiger partial charge >= 0.3 is 0 Å². The van der Waals surface area contributed by atoms with Crippen LogP contribution >= 0.6 is 0 Å². The van der Waals surface area contributed by atoms with Crippen LogP contribution in [0, 0.1) is 0 Å². The lowest BCUT2D eigenvalue weighted by molar-refractivity contribution is 1.18. The largest absolute Gasteiger partial charge is 0.310 e. The topological polar surface area (TPSA) is 29.0 Å². The molecule has 0 fully saturated rings. The van der Waals surface area contributed by atoms with Crippen LogP contribution in [0.2, 0.25) is 0 Å². The smallest absolute Gasteiger partial charge is 0.160 e. The molecular weight excluding hydrogens is 787 g/mol. The molecule has 0 aliphatic heterocycles. The van der Waals surface area contributed by atoms with Crippen LogP contribution < -0.4 is 4.90 Å². The molecule has 10 aromatic carbocycles. The summed E-state index contributed by atoms with van der Waals surface area (Å²) < 4.78 is 0. The van der Waals surface area contributed by atoms with E-state index in [9.17, 15) is 0 Å². The van der Waals surface area contributed by atoms with Gasteiger partial charge in [0.2, 0.25) is 0 Å². The number of hydrogen-bond donors (Lipinski definition) is 0. The molecule has 1 heterocycles. The van der Waals surface area contributed by atoms with Gasteiger partial charge in [0.25, 0.3) is 0 Å². The van der Waals surface area contributed by atoms with Gasteiger partial charge in [0.1, 0.15) is 0 Å². The first kappa shape index (κ1) is 39.2. The van der Waals surface area contributed by atoms with Crippen molar-refractivity contribution in [2.24, 2.45) is 0 Å². The van der Waals surface area contributed by atoms with Crippen LogP contribution in [-0.4, -0.2) is 9.97 Å². The molecular formula is C62H43N3. The minimum absolute atomic E-state index is 0.689. The van der Waals surface area contributed by atoms with Gasteiger partial charge in [-0.15, -0.1) is 0 Å². The molecule has 0 aliphatic carbocycles. The predicted molar refractivity (Wildman–Crippen MR) is 272 cm³/mol. The first-order chi connectivity index (χ1) is 32.2. The lowest BCUT2D eigenvalue weighted by atomic mass is 9.99. The molecule has 0 saturated heterocycles. The van der Waals surface area contributed by atoms with Crippen molar-refractivity contribution in [3.8, 4) is 78.4 Å². The van der Waals surface area contributed by atoms with E-state index in [1.54, 1.807) is 0 Å². The van der Waals surface area contributed by atoms with Crippen molar-refractivity contribution in [2.45, 2.75) is 0 Å². The van der Waals surface area contributed by atoms with E-state index in [4.69, 9.17) is 9.97 Å². The molecule has 0 N–H and O–H groups in total. The van der Waals surface area contributed by atoms with Crippen LogP contribution in [0.4, 0.5) is 17.1 Å². The highest BCUT2D eigenvalue weighted by atomic mass is 15.1. The Labute approximate surface area is 380 Å². The lowest BCUT2D eigenvalue weighted by Gasteiger charge is -2.27. The number of benzene rings is 10. The summed E-state index contributed by atoms with van der Waals surface area (Å²) in [5.74, 6) is 0.689. The molecule has 0 bridgehead atoms. The summed E-state index contributed by atoms with van der Waals surface area (Å²) in [4.78, 5) is 12.7. The van der Waals surface area contributed by atoms with Crippen LogP contribution in [0.25, 0.3) is 89.2 Å². The van der Waals surface area contributed by atoms with Gasteiger partial charge in [-0.1, -0.05) is 224 Å². The average Bonchev–Trinajstić information content (AvgIpc) is 3.40. The monoisotopic (exact) mass is 829 g/mol. The van der Waals surface area contributed by atoms with Crippen LogP contribution in [-0.2, 0) is 0 Å². The van der Waals surface area contributed by atoms with Gasteiger partial charge in [0, 0.05) is 33.5 Å². The van der Waals surface area contributed by atoms with E-state index in [0.717, 1.165) is 61.8 Å². The first-order valence-electron chi connectivity index (χ1n) is 22.1. The van der Waals surface area contributed by atoms with Gasteiger partial charge < -0.3 is 4.90 Å². The van der Waals surface area contributed by atoms with Crippen molar-refractivity contribution in [2.75, 3.05) is 4.90 Å². The molecule has 0 spiro atoms. The van der Waals surface area contributed by atoms with E-state index >= 15 is 0 Å². The third-order valence-electron chi connectivity index (χ3n) is 12.1. The summed E-state index contributed by atoms with van der Waals surface area (Å²) >= 11 is 0. The molecule has 0 aliphatic rings. The van der Waals surface area contributed by atoms with Gasteiger partial charge in [-0.2, -0.15) is 0 Å². The molecule has 0 saturated carbocycles. The third-order valence-corrected chi connectivity index (χ3v) is 12.1. The molecule has 11 aromatic rings. The Bertz CT molecular complexity index is 3240. The molecule has 3 nitrogen and oxygen atoms in total. The fraction of sp³-hybridized carbons (Fsp3) is 0. The molecule has 0 radical (unpaired) electrons. The molecule has 11 rings (SSSR count). The maximum Gasteiger partial charge on any atom is 0.160 e. The van der Waals surface area contributed by atoms with Crippen molar-refractivity contribution in [1.29, 1.82) is 0 Å². The molecule has 0 atom stereocenters. The Morgan fingerprint density at radius 2 is 0.569 bits per heavy atom. The molecule has 0 amide bonds. The molecule has 3 heteroatoms. The lowest BCUT2D eigenvalue weighted by Crippen LogP contribution is -2.10. The average molecular weight is 830 g/mol. The summed E-state index contributed by atoms with van der Waals surface area (Å²) in [7, 11) is 0. The van der Waals surface area contributed by atoms with Crippen molar-refractivity contribution in [1.82, 2.24) is 9.97 Å². The molecule has 1 aromatic heterocycles. The zero-order valence-electron chi connectivity index (χ0n) is 35.7. The zero-order valence-corrected chi connectivity index (χ0v) is 35.7. The number of rotatable bonds is 10. The van der Waals surface area contributed by atoms with Gasteiger partial charge in [0.15, 0.2) is 5.82 Å². The van der Waals surface area contributed by atoms with Gasteiger partial charge in [0.05, 0.1) is 17.1 Å². The summed E-state index contributed by atoms with van der Waals surface area (Å²) in [6.07, 6.45) is 0. The minimum Gasteiger partial charge on any atom is -0.310 e. The van der Waals surface area contributed by atoms with Crippen LogP contribution in [0.1, 0.15) is 0 Å². The molecule has 0 unspecified atom stereocenters. The van der Waals surface area contributed by atoms with Crippen LogP contribution in [0.3, 0.4) is 0 Å². The SMILES string of the molecule is c1ccc(-c2ccc(-c3cc(-c4ccc(-c5ccc(N(c6ccc(-c7ccccc7)cc6)c6cccc7ccccc67)cc5)cc4)nc(-c4ccc(-c5ccccc5)cc4)n3)cc2)cc1. The maximum atomic E-state index is 5.19. The van der Waals surface area contributed by atoms with Crippen molar-refractivity contribution in [3.05, 3.63) is 261 Å². The quantitative estimate of drug-likeness (QED) is 0.137. The predicted octanol–water partition coefficient (Wildman–Crippen LogP) is 16.8. The fourth-order valence-electron chi connectivity index (χ4n) is 8.68.